The minimum Gasteiger partial charge on any atom is -0.0880 e. The topological polar surface area (TPSA) is 0 Å². The summed E-state index contributed by atoms with van der Waals surface area (Å²) in [4.78, 5) is 0. The van der Waals surface area contributed by atoms with Gasteiger partial charge in [-0.15, -0.1) is 0 Å². The third-order valence-corrected chi connectivity index (χ3v) is 3.41. The molecule has 0 unspecified atom stereocenters. The molecule has 0 amide bonds. The first kappa shape index (κ1) is 11.3. The van der Waals surface area contributed by atoms with Crippen LogP contribution in [0.1, 0.15) is 12.5 Å². The molecule has 1 rings (SSSR count). The lowest BCUT2D eigenvalue weighted by Crippen LogP contribution is -1.80. The molecule has 0 saturated carbocycles. The Morgan fingerprint density at radius 2 is 2.23 bits per heavy atom. The van der Waals surface area contributed by atoms with Crippen LogP contribution in [-0.2, 0) is 0 Å². The summed E-state index contributed by atoms with van der Waals surface area (Å²) in [5, 5.41) is 1.64. The lowest BCUT2D eigenvalue weighted by molar-refractivity contribution is 1.44. The molecule has 0 aliphatic rings. The molecule has 0 aliphatic heterocycles. The Bertz CT molecular complexity index is 332. The third-order valence-electron chi connectivity index (χ3n) is 1.57. The standard InChI is InChI=1S/C10H9Br2Cl/c1-7(6-11)4-8-5-9(13)2-3-10(8)12/h2-5H,6H2,1H3. The second-order valence-electron chi connectivity index (χ2n) is 2.79. The third kappa shape index (κ3) is 3.45. The molecule has 0 N–H and O–H groups in total. The molecule has 3 heteroatoms. The van der Waals surface area contributed by atoms with Gasteiger partial charge in [-0.25, -0.2) is 0 Å². The lowest BCUT2D eigenvalue weighted by Gasteiger charge is -2.00. The van der Waals surface area contributed by atoms with Crippen molar-refractivity contribution in [2.24, 2.45) is 0 Å². The fourth-order valence-electron chi connectivity index (χ4n) is 0.929. The van der Waals surface area contributed by atoms with Crippen LogP contribution in [0.25, 0.3) is 6.08 Å². The number of rotatable bonds is 2. The van der Waals surface area contributed by atoms with Crippen LogP contribution in [0.4, 0.5) is 0 Å². The summed E-state index contributed by atoms with van der Waals surface area (Å²) in [5.41, 5.74) is 2.38. The number of alkyl halides is 1. The molecule has 1 aromatic rings. The van der Waals surface area contributed by atoms with E-state index in [2.05, 4.69) is 44.9 Å². The van der Waals surface area contributed by atoms with Crippen LogP contribution in [0.5, 0.6) is 0 Å². The van der Waals surface area contributed by atoms with E-state index in [-0.39, 0.29) is 0 Å². The fourth-order valence-corrected chi connectivity index (χ4v) is 1.63. The van der Waals surface area contributed by atoms with E-state index in [1.165, 1.54) is 5.57 Å². The Kier molecular flexibility index (Phi) is 4.50. The molecular formula is C10H9Br2Cl. The molecular weight excluding hydrogens is 315 g/mol. The second-order valence-corrected chi connectivity index (χ2v) is 4.64. The van der Waals surface area contributed by atoms with Gasteiger partial charge in [-0.1, -0.05) is 55.1 Å². The number of hydrogen-bond donors (Lipinski definition) is 0. The Balaban J connectivity index is 3.07. The summed E-state index contributed by atoms with van der Waals surface area (Å²) in [6.45, 7) is 2.07. The molecule has 0 nitrogen and oxygen atoms in total. The van der Waals surface area contributed by atoms with Gasteiger partial charge in [0.05, 0.1) is 0 Å². The summed E-state index contributed by atoms with van der Waals surface area (Å²) in [6.07, 6.45) is 2.10. The van der Waals surface area contributed by atoms with Crippen LogP contribution in [0, 0.1) is 0 Å². The van der Waals surface area contributed by atoms with Gasteiger partial charge >= 0.3 is 0 Å². The van der Waals surface area contributed by atoms with E-state index in [0.717, 1.165) is 20.4 Å². The Hall–Kier alpha value is 0.210. The lowest BCUT2D eigenvalue weighted by atomic mass is 10.1. The zero-order valence-electron chi connectivity index (χ0n) is 7.15. The highest BCUT2D eigenvalue weighted by molar-refractivity contribution is 9.10. The maximum atomic E-state index is 5.88. The smallest absolute Gasteiger partial charge is 0.0412 e. The van der Waals surface area contributed by atoms with Crippen LogP contribution in [0.3, 0.4) is 0 Å². The van der Waals surface area contributed by atoms with Crippen molar-refractivity contribution in [3.8, 4) is 0 Å². The van der Waals surface area contributed by atoms with Gasteiger partial charge in [-0.05, 0) is 30.7 Å². The predicted octanol–water partition coefficient (Wildman–Crippen LogP) is 4.90. The van der Waals surface area contributed by atoms with E-state index < -0.39 is 0 Å². The Labute approximate surface area is 100 Å². The predicted molar refractivity (Wildman–Crippen MR) is 66.6 cm³/mol. The average molecular weight is 324 g/mol. The summed E-state index contributed by atoms with van der Waals surface area (Å²) < 4.78 is 1.07. The van der Waals surface area contributed by atoms with E-state index in [0.29, 0.717) is 0 Å². The van der Waals surface area contributed by atoms with Crippen molar-refractivity contribution in [2.45, 2.75) is 6.92 Å². The number of allylic oxidation sites excluding steroid dienone is 1. The van der Waals surface area contributed by atoms with Crippen molar-refractivity contribution < 1.29 is 0 Å². The van der Waals surface area contributed by atoms with Gasteiger partial charge < -0.3 is 0 Å². The number of benzene rings is 1. The van der Waals surface area contributed by atoms with Crippen LogP contribution in [0.2, 0.25) is 5.02 Å². The van der Waals surface area contributed by atoms with Crippen LogP contribution >= 0.6 is 43.5 Å². The van der Waals surface area contributed by atoms with Crippen molar-refractivity contribution in [2.75, 3.05) is 5.33 Å². The molecule has 0 heterocycles. The van der Waals surface area contributed by atoms with Crippen LogP contribution in [-0.4, -0.2) is 5.33 Å². The normalized spacial score (nSPS) is 11.8. The molecule has 0 saturated heterocycles. The fraction of sp³-hybridized carbons (Fsp3) is 0.200. The second kappa shape index (κ2) is 5.18. The van der Waals surface area contributed by atoms with Crippen LogP contribution in [0.15, 0.2) is 28.2 Å². The van der Waals surface area contributed by atoms with E-state index in [1.807, 2.05) is 18.2 Å². The molecule has 0 spiro atoms. The SMILES string of the molecule is CC(=Cc1cc(Cl)ccc1Br)CBr. The minimum atomic E-state index is 0.761. The first-order valence-corrected chi connectivity index (χ1v) is 6.11. The van der Waals surface area contributed by atoms with Gasteiger partial charge in [-0.2, -0.15) is 0 Å². The van der Waals surface area contributed by atoms with Gasteiger partial charge in [0, 0.05) is 14.8 Å². The molecule has 70 valence electrons. The Morgan fingerprint density at radius 3 is 2.85 bits per heavy atom. The van der Waals surface area contributed by atoms with E-state index in [4.69, 9.17) is 11.6 Å². The summed E-state index contributed by atoms with van der Waals surface area (Å²) in [6, 6.07) is 5.76. The van der Waals surface area contributed by atoms with Crippen LogP contribution < -0.4 is 0 Å². The van der Waals surface area contributed by atoms with Crippen molar-refractivity contribution in [3.05, 3.63) is 38.8 Å². The molecule has 0 bridgehead atoms. The average Bonchev–Trinajstić information content (AvgIpc) is 2.11. The quantitative estimate of drug-likeness (QED) is 0.679. The molecule has 0 atom stereocenters. The van der Waals surface area contributed by atoms with Crippen molar-refractivity contribution >= 4 is 49.5 Å². The highest BCUT2D eigenvalue weighted by atomic mass is 79.9. The minimum absolute atomic E-state index is 0.761. The highest BCUT2D eigenvalue weighted by Crippen LogP contribution is 2.23. The summed E-state index contributed by atoms with van der Waals surface area (Å²) in [5.74, 6) is 0. The number of hydrogen-bond acceptors (Lipinski definition) is 0. The van der Waals surface area contributed by atoms with Crippen molar-refractivity contribution in [1.82, 2.24) is 0 Å². The van der Waals surface area contributed by atoms with Gasteiger partial charge in [-0.3, -0.25) is 0 Å². The van der Waals surface area contributed by atoms with Gasteiger partial charge in [0.1, 0.15) is 0 Å². The molecule has 0 aliphatic carbocycles. The first-order chi connectivity index (χ1) is 6.13. The van der Waals surface area contributed by atoms with E-state index in [9.17, 15) is 0 Å². The van der Waals surface area contributed by atoms with Gasteiger partial charge in [0.25, 0.3) is 0 Å². The monoisotopic (exact) mass is 322 g/mol. The van der Waals surface area contributed by atoms with Crippen molar-refractivity contribution in [1.29, 1.82) is 0 Å². The summed E-state index contributed by atoms with van der Waals surface area (Å²) >= 11 is 12.7. The zero-order chi connectivity index (χ0) is 9.84. The molecule has 1 aromatic carbocycles. The number of halogens is 3. The zero-order valence-corrected chi connectivity index (χ0v) is 11.1. The highest BCUT2D eigenvalue weighted by Gasteiger charge is 1.97. The first-order valence-electron chi connectivity index (χ1n) is 3.81. The van der Waals surface area contributed by atoms with E-state index in [1.54, 1.807) is 0 Å². The summed E-state index contributed by atoms with van der Waals surface area (Å²) in [7, 11) is 0. The van der Waals surface area contributed by atoms with Crippen molar-refractivity contribution in [3.63, 3.8) is 0 Å². The molecule has 13 heavy (non-hydrogen) atoms. The maximum absolute atomic E-state index is 5.88. The molecule has 0 radical (unpaired) electrons. The molecule has 0 fully saturated rings. The Morgan fingerprint density at radius 1 is 1.54 bits per heavy atom. The largest absolute Gasteiger partial charge is 0.0880 e. The van der Waals surface area contributed by atoms with Gasteiger partial charge in [0.15, 0.2) is 0 Å². The van der Waals surface area contributed by atoms with E-state index >= 15 is 0 Å². The van der Waals surface area contributed by atoms with Gasteiger partial charge in [0.2, 0.25) is 0 Å². The molecule has 0 aromatic heterocycles. The maximum Gasteiger partial charge on any atom is 0.0412 e.